The Bertz CT molecular complexity index is 852. The number of aromatic nitrogens is 2. The van der Waals surface area contributed by atoms with E-state index in [1.807, 2.05) is 0 Å². The zero-order valence-electron chi connectivity index (χ0n) is 13.4. The molecule has 0 saturated heterocycles. The number of allylic oxidation sites excluding steroid dienone is 2. The number of alkyl halides is 2. The third-order valence-electron chi connectivity index (χ3n) is 4.50. The molecule has 0 bridgehead atoms. The summed E-state index contributed by atoms with van der Waals surface area (Å²) in [6.45, 7) is -1.32. The zero-order valence-corrected chi connectivity index (χ0v) is 13.4. The van der Waals surface area contributed by atoms with E-state index in [0.29, 0.717) is 5.52 Å². The summed E-state index contributed by atoms with van der Waals surface area (Å²) in [6, 6.07) is 5.56. The Hall–Kier alpha value is -2.77. The molecule has 1 heterocycles. The van der Waals surface area contributed by atoms with E-state index in [1.54, 1.807) is 30.4 Å². The van der Waals surface area contributed by atoms with E-state index in [-0.39, 0.29) is 24.2 Å². The smallest absolute Gasteiger partial charge is 0.320 e. The summed E-state index contributed by atoms with van der Waals surface area (Å²) in [5.74, 6) is -1.95. The van der Waals surface area contributed by atoms with Gasteiger partial charge in [0.2, 0.25) is 5.91 Å². The number of carboxylic acid groups (broad SMARTS) is 1. The molecule has 0 spiro atoms. The van der Waals surface area contributed by atoms with E-state index in [9.17, 15) is 23.5 Å². The van der Waals surface area contributed by atoms with Gasteiger partial charge in [0.1, 0.15) is 5.82 Å². The van der Waals surface area contributed by atoms with Gasteiger partial charge >= 0.3 is 12.5 Å². The van der Waals surface area contributed by atoms with Gasteiger partial charge in [-0.25, -0.2) is 4.98 Å². The number of aliphatic carboxylic acids is 1. The Balaban J connectivity index is 1.92. The van der Waals surface area contributed by atoms with Crippen molar-refractivity contribution in [1.82, 2.24) is 14.9 Å². The predicted octanol–water partition coefficient (Wildman–Crippen LogP) is 3.03. The summed E-state index contributed by atoms with van der Waals surface area (Å²) in [5.41, 5.74) is -0.950. The highest BCUT2D eigenvalue weighted by atomic mass is 19.3. The van der Waals surface area contributed by atoms with Gasteiger partial charge in [0.15, 0.2) is 5.41 Å². The molecular formula is C17H17F2N3O3. The van der Waals surface area contributed by atoms with Gasteiger partial charge in [0.05, 0.1) is 17.1 Å². The van der Waals surface area contributed by atoms with Crippen molar-refractivity contribution in [3.8, 4) is 0 Å². The maximum Gasteiger partial charge on any atom is 0.320 e. The van der Waals surface area contributed by atoms with Crippen LogP contribution in [-0.2, 0) is 9.59 Å². The van der Waals surface area contributed by atoms with Gasteiger partial charge in [0, 0.05) is 0 Å². The van der Waals surface area contributed by atoms with Crippen molar-refractivity contribution < 1.29 is 23.5 Å². The number of carboxylic acids is 1. The topological polar surface area (TPSA) is 84.2 Å². The van der Waals surface area contributed by atoms with Crippen LogP contribution < -0.4 is 5.32 Å². The van der Waals surface area contributed by atoms with E-state index < -0.39 is 29.9 Å². The molecule has 8 heteroatoms. The Labute approximate surface area is 142 Å². The van der Waals surface area contributed by atoms with Crippen LogP contribution in [0.2, 0.25) is 0 Å². The van der Waals surface area contributed by atoms with Gasteiger partial charge < -0.3 is 10.4 Å². The number of amides is 1. The molecule has 1 aliphatic carbocycles. The Morgan fingerprint density at radius 1 is 1.28 bits per heavy atom. The molecule has 0 radical (unpaired) electrons. The quantitative estimate of drug-likeness (QED) is 0.642. The molecule has 25 heavy (non-hydrogen) atoms. The number of carbonyl (C=O) groups excluding carboxylic acids is 1. The SMILES string of the molecule is CC(NC(=O)C1(C(=O)O)CC=CC1)c1nc2ccccc2n1C(F)F. The van der Waals surface area contributed by atoms with Crippen LogP contribution in [0.25, 0.3) is 11.0 Å². The third-order valence-corrected chi connectivity index (χ3v) is 4.50. The number of nitrogens with zero attached hydrogens (tertiary/aromatic N) is 2. The van der Waals surface area contributed by atoms with Crippen molar-refractivity contribution in [2.24, 2.45) is 5.41 Å². The van der Waals surface area contributed by atoms with Crippen molar-refractivity contribution in [1.29, 1.82) is 0 Å². The Kier molecular flexibility index (Phi) is 4.28. The molecule has 1 aliphatic rings. The third kappa shape index (κ3) is 2.77. The van der Waals surface area contributed by atoms with Crippen molar-refractivity contribution in [2.45, 2.75) is 32.4 Å². The van der Waals surface area contributed by atoms with Crippen molar-refractivity contribution >= 4 is 22.9 Å². The van der Waals surface area contributed by atoms with E-state index in [4.69, 9.17) is 0 Å². The molecule has 2 N–H and O–H groups in total. The lowest BCUT2D eigenvalue weighted by Crippen LogP contribution is -2.46. The molecule has 1 amide bonds. The maximum atomic E-state index is 13.5. The zero-order chi connectivity index (χ0) is 18.2. The maximum absolute atomic E-state index is 13.5. The van der Waals surface area contributed by atoms with Crippen LogP contribution in [0.5, 0.6) is 0 Å². The summed E-state index contributed by atoms with van der Waals surface area (Å²) in [4.78, 5) is 28.3. The first-order chi connectivity index (χ1) is 11.9. The molecule has 132 valence electrons. The fourth-order valence-corrected chi connectivity index (χ4v) is 3.08. The van der Waals surface area contributed by atoms with Crippen molar-refractivity contribution in [2.75, 3.05) is 0 Å². The predicted molar refractivity (Wildman–Crippen MR) is 86.0 cm³/mol. The number of nitrogens with one attached hydrogen (secondary N) is 1. The Morgan fingerprint density at radius 2 is 1.92 bits per heavy atom. The first-order valence-electron chi connectivity index (χ1n) is 7.81. The molecule has 1 unspecified atom stereocenters. The number of carbonyl (C=O) groups is 2. The molecule has 3 rings (SSSR count). The molecule has 0 saturated carbocycles. The first kappa shape index (κ1) is 17.1. The van der Waals surface area contributed by atoms with Gasteiger partial charge in [-0.05, 0) is 31.9 Å². The summed E-state index contributed by atoms with van der Waals surface area (Å²) < 4.78 is 27.7. The molecule has 2 aromatic rings. The van der Waals surface area contributed by atoms with Crippen molar-refractivity contribution in [3.63, 3.8) is 0 Å². The average molecular weight is 349 g/mol. The number of benzene rings is 1. The minimum absolute atomic E-state index is 0.0176. The Morgan fingerprint density at radius 3 is 2.52 bits per heavy atom. The van der Waals surface area contributed by atoms with Gasteiger partial charge in [-0.1, -0.05) is 24.3 Å². The number of para-hydroxylation sites is 2. The van der Waals surface area contributed by atoms with E-state index in [1.165, 1.54) is 13.0 Å². The lowest BCUT2D eigenvalue weighted by Gasteiger charge is -2.25. The van der Waals surface area contributed by atoms with Gasteiger partial charge in [-0.2, -0.15) is 8.78 Å². The minimum Gasteiger partial charge on any atom is -0.480 e. The number of hydrogen-bond donors (Lipinski definition) is 2. The lowest BCUT2D eigenvalue weighted by atomic mass is 9.84. The summed E-state index contributed by atoms with van der Waals surface area (Å²) in [5, 5.41) is 12.0. The van der Waals surface area contributed by atoms with Crippen LogP contribution in [0.15, 0.2) is 36.4 Å². The van der Waals surface area contributed by atoms with Crippen LogP contribution in [-0.4, -0.2) is 26.5 Å². The van der Waals surface area contributed by atoms with Gasteiger partial charge in [0.25, 0.3) is 0 Å². The van der Waals surface area contributed by atoms with Crippen LogP contribution in [0.4, 0.5) is 8.78 Å². The number of hydrogen-bond acceptors (Lipinski definition) is 3. The highest BCUT2D eigenvalue weighted by Crippen LogP contribution is 2.35. The second-order valence-corrected chi connectivity index (χ2v) is 6.07. The second-order valence-electron chi connectivity index (χ2n) is 6.07. The molecule has 1 atom stereocenters. The standard InChI is InChI=1S/C17H17F2N3O3/c1-10(20-14(23)17(15(24)25)8-4-5-9-17)13-21-11-6-2-3-7-12(11)22(13)16(18)19/h2-7,10,16H,8-9H2,1H3,(H,20,23)(H,24,25). The number of imidazole rings is 1. The molecule has 1 aromatic heterocycles. The first-order valence-corrected chi connectivity index (χ1v) is 7.81. The molecular weight excluding hydrogens is 332 g/mol. The van der Waals surface area contributed by atoms with E-state index in [0.717, 1.165) is 4.57 Å². The largest absolute Gasteiger partial charge is 0.480 e. The highest BCUT2D eigenvalue weighted by molar-refractivity contribution is 6.02. The normalized spacial score (nSPS) is 17.1. The minimum atomic E-state index is -2.83. The van der Waals surface area contributed by atoms with Crippen LogP contribution in [0.1, 0.15) is 38.2 Å². The fourth-order valence-electron chi connectivity index (χ4n) is 3.08. The average Bonchev–Trinajstić information content (AvgIpc) is 3.20. The van der Waals surface area contributed by atoms with Crippen molar-refractivity contribution in [3.05, 3.63) is 42.2 Å². The second kappa shape index (κ2) is 6.27. The summed E-state index contributed by atoms with van der Waals surface area (Å²) in [7, 11) is 0. The van der Waals surface area contributed by atoms with Gasteiger partial charge in [-0.15, -0.1) is 0 Å². The van der Waals surface area contributed by atoms with E-state index in [2.05, 4.69) is 10.3 Å². The molecule has 1 aromatic carbocycles. The molecule has 0 fully saturated rings. The molecule has 0 aliphatic heterocycles. The molecule has 6 nitrogen and oxygen atoms in total. The summed E-state index contributed by atoms with van der Waals surface area (Å²) >= 11 is 0. The van der Waals surface area contributed by atoms with Crippen LogP contribution in [0, 0.1) is 5.41 Å². The van der Waals surface area contributed by atoms with Gasteiger partial charge in [-0.3, -0.25) is 14.2 Å². The fraction of sp³-hybridized carbons (Fsp3) is 0.353. The highest BCUT2D eigenvalue weighted by Gasteiger charge is 2.47. The van der Waals surface area contributed by atoms with Crippen LogP contribution in [0.3, 0.4) is 0 Å². The monoisotopic (exact) mass is 349 g/mol. The lowest BCUT2D eigenvalue weighted by molar-refractivity contribution is -0.155. The number of rotatable bonds is 5. The number of fused-ring (bicyclic) bond motifs is 1. The number of halogens is 2. The van der Waals surface area contributed by atoms with Crippen LogP contribution >= 0.6 is 0 Å². The van der Waals surface area contributed by atoms with E-state index >= 15 is 0 Å². The summed E-state index contributed by atoms with van der Waals surface area (Å²) in [6.07, 6.45) is 3.41.